The zero-order chi connectivity index (χ0) is 25.8. The zero-order valence-corrected chi connectivity index (χ0v) is 21.9. The molecule has 0 saturated carbocycles. The summed E-state index contributed by atoms with van der Waals surface area (Å²) < 4.78 is 19.0. The molecule has 1 N–H and O–H groups in total. The van der Waals surface area contributed by atoms with E-state index in [4.69, 9.17) is 14.2 Å². The molecule has 1 aliphatic rings. The lowest BCUT2D eigenvalue weighted by atomic mass is 9.93. The minimum atomic E-state index is -0.707. The molecule has 1 fully saturated rings. The van der Waals surface area contributed by atoms with Gasteiger partial charge in [-0.3, -0.25) is 9.69 Å². The molecule has 1 atom stereocenters. The topological polar surface area (TPSA) is 68.2 Å². The van der Waals surface area contributed by atoms with Crippen LogP contribution >= 0.6 is 11.3 Å². The van der Waals surface area contributed by atoms with Gasteiger partial charge in [0.2, 0.25) is 5.75 Å². The van der Waals surface area contributed by atoms with Gasteiger partial charge >= 0.3 is 5.97 Å². The Hall–Kier alpha value is -3.55. The predicted octanol–water partition coefficient (Wildman–Crippen LogP) is 6.38. The lowest BCUT2D eigenvalue weighted by molar-refractivity contribution is -0.143. The minimum Gasteiger partial charge on any atom is -0.493 e. The third-order valence-electron chi connectivity index (χ3n) is 6.98. The number of ether oxygens (including phenoxy) is 3. The number of methoxy groups -OCH3 is 2. The van der Waals surface area contributed by atoms with E-state index >= 15 is 0 Å². The molecular formula is C30H31NO5S. The maximum Gasteiger partial charge on any atom is 0.306 e. The Labute approximate surface area is 221 Å². The number of hydrogen-bond acceptors (Lipinski definition) is 6. The van der Waals surface area contributed by atoms with Gasteiger partial charge in [0.05, 0.1) is 26.2 Å². The number of thiophene rings is 1. The maximum absolute atomic E-state index is 11.6. The van der Waals surface area contributed by atoms with Gasteiger partial charge in [0.25, 0.3) is 0 Å². The Morgan fingerprint density at radius 2 is 1.62 bits per heavy atom. The Bertz CT molecular complexity index is 1300. The van der Waals surface area contributed by atoms with Crippen LogP contribution in [0.3, 0.4) is 0 Å². The van der Waals surface area contributed by atoms with E-state index in [1.54, 1.807) is 25.6 Å². The molecule has 0 spiro atoms. The van der Waals surface area contributed by atoms with Crippen LogP contribution in [0.25, 0.3) is 10.1 Å². The van der Waals surface area contributed by atoms with Crippen molar-refractivity contribution in [1.82, 2.24) is 4.90 Å². The number of fused-ring (bicyclic) bond motifs is 1. The van der Waals surface area contributed by atoms with Crippen molar-refractivity contribution in [3.63, 3.8) is 0 Å². The second kappa shape index (κ2) is 11.2. The number of carboxylic acid groups (broad SMARTS) is 1. The fourth-order valence-corrected chi connectivity index (χ4v) is 6.25. The van der Waals surface area contributed by atoms with Crippen LogP contribution in [0.2, 0.25) is 0 Å². The third-order valence-corrected chi connectivity index (χ3v) is 8.15. The van der Waals surface area contributed by atoms with E-state index in [9.17, 15) is 9.90 Å². The highest BCUT2D eigenvalue weighted by Gasteiger charge is 2.32. The third kappa shape index (κ3) is 5.43. The minimum absolute atomic E-state index is 0.0573. The zero-order valence-electron chi connectivity index (χ0n) is 21.1. The smallest absolute Gasteiger partial charge is 0.306 e. The van der Waals surface area contributed by atoms with Gasteiger partial charge in [0, 0.05) is 9.58 Å². The molecule has 5 rings (SSSR count). The van der Waals surface area contributed by atoms with Crippen LogP contribution in [0.5, 0.6) is 17.2 Å². The van der Waals surface area contributed by atoms with E-state index in [0.717, 1.165) is 11.1 Å². The van der Waals surface area contributed by atoms with E-state index in [2.05, 4.69) is 35.2 Å². The molecule has 1 saturated heterocycles. The Morgan fingerprint density at radius 1 is 0.973 bits per heavy atom. The number of nitrogens with zero attached hydrogens (tertiary/aromatic N) is 1. The van der Waals surface area contributed by atoms with Gasteiger partial charge in [-0.25, -0.2) is 0 Å². The molecule has 4 aromatic rings. The summed E-state index contributed by atoms with van der Waals surface area (Å²) in [6.07, 6.45) is 1.26. The molecule has 0 radical (unpaired) electrons. The highest BCUT2D eigenvalue weighted by Crippen LogP contribution is 2.45. The van der Waals surface area contributed by atoms with E-state index in [0.29, 0.717) is 49.8 Å². The summed E-state index contributed by atoms with van der Waals surface area (Å²) in [5.74, 6) is 0.782. The fraction of sp³-hybridized carbons (Fsp3) is 0.300. The van der Waals surface area contributed by atoms with Gasteiger partial charge in [-0.05, 0) is 66.7 Å². The molecule has 37 heavy (non-hydrogen) atoms. The van der Waals surface area contributed by atoms with Crippen LogP contribution in [-0.2, 0) is 11.4 Å². The van der Waals surface area contributed by atoms with Crippen LogP contribution in [0.15, 0.2) is 72.8 Å². The van der Waals surface area contributed by atoms with E-state index in [1.807, 2.05) is 42.5 Å². The molecule has 0 amide bonds. The van der Waals surface area contributed by atoms with Crippen molar-refractivity contribution in [3.05, 3.63) is 88.8 Å². The lowest BCUT2D eigenvalue weighted by Crippen LogP contribution is -2.39. The highest BCUT2D eigenvalue weighted by atomic mass is 32.1. The number of carbonyl (C=O) groups is 1. The predicted molar refractivity (Wildman–Crippen MR) is 146 cm³/mol. The van der Waals surface area contributed by atoms with Crippen molar-refractivity contribution >= 4 is 27.4 Å². The van der Waals surface area contributed by atoms with Crippen LogP contribution in [-0.4, -0.2) is 43.3 Å². The summed E-state index contributed by atoms with van der Waals surface area (Å²) in [6.45, 7) is 1.80. The number of rotatable bonds is 9. The maximum atomic E-state index is 11.6. The second-order valence-corrected chi connectivity index (χ2v) is 10.4. The molecule has 192 valence electrons. The first kappa shape index (κ1) is 25.1. The first-order valence-electron chi connectivity index (χ1n) is 12.5. The molecule has 1 unspecified atom stereocenters. The normalized spacial score (nSPS) is 15.4. The molecule has 7 heteroatoms. The quantitative estimate of drug-likeness (QED) is 0.278. The molecule has 0 aliphatic carbocycles. The second-order valence-electron chi connectivity index (χ2n) is 9.27. The van der Waals surface area contributed by atoms with Crippen LogP contribution < -0.4 is 14.2 Å². The van der Waals surface area contributed by atoms with Crippen molar-refractivity contribution in [2.75, 3.05) is 27.3 Å². The Morgan fingerprint density at radius 3 is 2.24 bits per heavy atom. The van der Waals surface area contributed by atoms with Crippen molar-refractivity contribution in [3.8, 4) is 17.2 Å². The van der Waals surface area contributed by atoms with Crippen molar-refractivity contribution in [1.29, 1.82) is 0 Å². The van der Waals surface area contributed by atoms with Crippen molar-refractivity contribution in [2.45, 2.75) is 25.5 Å². The largest absolute Gasteiger partial charge is 0.493 e. The Kier molecular flexibility index (Phi) is 7.63. The first-order chi connectivity index (χ1) is 18.1. The molecular weight excluding hydrogens is 486 g/mol. The lowest BCUT2D eigenvalue weighted by Gasteiger charge is -2.36. The number of aliphatic carboxylic acids is 1. The number of benzene rings is 3. The average Bonchev–Trinajstić information content (AvgIpc) is 3.36. The van der Waals surface area contributed by atoms with E-state index in [-0.39, 0.29) is 12.0 Å². The van der Waals surface area contributed by atoms with Gasteiger partial charge < -0.3 is 19.3 Å². The number of hydrogen-bond donors (Lipinski definition) is 1. The highest BCUT2D eigenvalue weighted by molar-refractivity contribution is 7.19. The molecule has 0 bridgehead atoms. The van der Waals surface area contributed by atoms with Gasteiger partial charge in [-0.1, -0.05) is 48.5 Å². The summed E-state index contributed by atoms with van der Waals surface area (Å²) >= 11 is 1.77. The molecule has 1 aromatic heterocycles. The summed E-state index contributed by atoms with van der Waals surface area (Å²) in [6, 6.07) is 24.6. The molecule has 3 aromatic carbocycles. The standard InChI is InChI=1S/C30H31NO5S/c1-34-24-16-23(17-25(35-2)29(24)36-19-20-8-4-3-5-9-20)28(31-14-12-21(13-15-31)30(32)33)27-18-22-10-6-7-11-26(22)37-27/h3-11,16-18,21,28H,12-15,19H2,1-2H3,(H,32,33). The van der Waals surface area contributed by atoms with Crippen LogP contribution in [0, 0.1) is 5.92 Å². The van der Waals surface area contributed by atoms with Gasteiger partial charge in [0.1, 0.15) is 6.61 Å². The number of piperidine rings is 1. The summed E-state index contributed by atoms with van der Waals surface area (Å²) in [5.41, 5.74) is 2.08. The summed E-state index contributed by atoms with van der Waals surface area (Å²) in [5, 5.41) is 10.7. The monoisotopic (exact) mass is 517 g/mol. The van der Waals surface area contributed by atoms with Crippen LogP contribution in [0.1, 0.15) is 34.9 Å². The molecule has 2 heterocycles. The number of carboxylic acids is 1. The SMILES string of the molecule is COc1cc(C(c2cc3ccccc3s2)N2CCC(C(=O)O)CC2)cc(OC)c1OCc1ccccc1. The van der Waals surface area contributed by atoms with Gasteiger partial charge in [-0.15, -0.1) is 11.3 Å². The number of likely N-dealkylation sites (tertiary alicyclic amines) is 1. The molecule has 1 aliphatic heterocycles. The molecule has 6 nitrogen and oxygen atoms in total. The summed E-state index contributed by atoms with van der Waals surface area (Å²) in [4.78, 5) is 15.2. The van der Waals surface area contributed by atoms with Gasteiger partial charge in [-0.2, -0.15) is 0 Å². The van der Waals surface area contributed by atoms with E-state index in [1.165, 1.54) is 15.0 Å². The van der Waals surface area contributed by atoms with Gasteiger partial charge in [0.15, 0.2) is 11.5 Å². The fourth-order valence-electron chi connectivity index (χ4n) is 5.03. The van der Waals surface area contributed by atoms with Crippen molar-refractivity contribution in [2.24, 2.45) is 5.92 Å². The Balaban J connectivity index is 1.53. The van der Waals surface area contributed by atoms with Crippen molar-refractivity contribution < 1.29 is 24.1 Å². The van der Waals surface area contributed by atoms with E-state index < -0.39 is 5.97 Å². The summed E-state index contributed by atoms with van der Waals surface area (Å²) in [7, 11) is 3.28. The first-order valence-corrected chi connectivity index (χ1v) is 13.3. The van der Waals surface area contributed by atoms with Crippen LogP contribution in [0.4, 0.5) is 0 Å². The average molecular weight is 518 g/mol.